The van der Waals surface area contributed by atoms with Crippen molar-refractivity contribution in [3.63, 3.8) is 0 Å². The largest absolute Gasteiger partial charge is 0.497 e. The number of Topliss-reactive ketones (excluding diaryl/α,β-unsaturated/α-hetero) is 2. The molecule has 0 spiro atoms. The van der Waals surface area contributed by atoms with Crippen molar-refractivity contribution in [3.05, 3.63) is 151 Å². The third-order valence-corrected chi connectivity index (χ3v) is 27.7. The number of nitrogens with two attached hydrogens (primary N) is 1. The van der Waals surface area contributed by atoms with Crippen molar-refractivity contribution in [1.82, 2.24) is 79.4 Å². The summed E-state index contributed by atoms with van der Waals surface area (Å²) in [5, 5.41) is 38.2. The molecule has 0 radical (unpaired) electrons. The number of carbonyl (C=O) groups is 10. The number of nitrogens with one attached hydrogen (secondary N) is 4. The van der Waals surface area contributed by atoms with E-state index < -0.39 is 102 Å². The lowest BCUT2D eigenvalue weighted by molar-refractivity contribution is -0.142. The molecule has 2 aromatic carbocycles. The molecule has 38 nitrogen and oxygen atoms in total. The van der Waals surface area contributed by atoms with E-state index in [4.69, 9.17) is 44.4 Å². The number of hydrogen-bond donors (Lipinski definition) is 7. The quantitative estimate of drug-likeness (QED) is 0.0225. The minimum absolute atomic E-state index is 0. The van der Waals surface area contributed by atoms with E-state index in [-0.39, 0.29) is 144 Å². The topological polar surface area (TPSA) is 489 Å². The monoisotopic (exact) mass is 2640 g/mol. The fraction of sp³-hybridized carbons (Fsp3) is 0.395. The number of anilines is 4. The van der Waals surface area contributed by atoms with Crippen LogP contribution in [-0.2, 0) is 194 Å². The van der Waals surface area contributed by atoms with Gasteiger partial charge in [-0.25, -0.2) is 71.8 Å². The molecule has 12 heterocycles. The maximum Gasteiger partial charge on any atom is 0.411 e. The number of ether oxygens (including phenoxy) is 6. The fourth-order valence-electron chi connectivity index (χ4n) is 13.4. The number of carboxylic acid groups (broad SMARTS) is 2. The number of fused-ring (bicyclic) bond motifs is 2. The Morgan fingerprint density at radius 2 is 0.812 bits per heavy atom. The molecule has 4 aliphatic heterocycles. The van der Waals surface area contributed by atoms with E-state index >= 15 is 0 Å². The van der Waals surface area contributed by atoms with Crippen LogP contribution in [0.5, 0.6) is 23.0 Å². The van der Waals surface area contributed by atoms with E-state index in [1.807, 2.05) is 18.2 Å². The number of rotatable bonds is 19. The van der Waals surface area contributed by atoms with Crippen LogP contribution < -0.4 is 45.9 Å². The minimum atomic E-state index is -1.37. The van der Waals surface area contributed by atoms with Gasteiger partial charge in [-0.05, 0) is 155 Å². The standard InChI is InChI=1S/C27H25BrFN7O4.C16H21BrFN3O4.C16H14N4O3.C11H13BrFN3O2.C10H16FNO4.C6H7BrN2O.2ClH.S5.S4.S3.S2.H2S/c1-14(37)26-20-6-16(17-10-30-15(2)31-11-17)4-5-21(20)36(34-26)13-25(38)35-12-18(29)7-22(35)27(39)33-24-9-19(40-3)8-23(28)32-24;1-16(2,3)25-15(23)21-8-9(18)5-11(21)14(22)20-13-7-10(24-4)6-12(17)19-13;1-9(21)16-13-5-11(12-6-17-10(2)18-7-12)3-4-14(13)20(19-16)8-15(22)23;1-18-7-3-9(12)15-10(4-7)16-11(17)8-2-6(13)5-14-8;1-10(2,3)16-9(15)12-5-6(11)4-7(12)8(13)14;1-10-4-2-5(7)9-6(8)3-4;;;1-3-5-4-2;1-3-4-2;1-3-2;1-2;/h4-6,8-11,18,22H,7,12-13H2,1-3H3,(H,32,33,39);6-7,9,11H,5,8H2,1-4H3,(H,19,20,22);3-7H,8H2,1-2H3,(H,22,23);3-4,6,8,14H,2,5H2,1H3,(H,15,16,17);6-7H,4-5H2,1-3H3,(H,13,14);2-3H,1H3,(H2,8,9);2*1H;;;;;1H2/t18-,22+;9-,11+;;6-,8+;6-,7+;;;;;;;;/m11.11......../s1. The highest BCUT2D eigenvalue weighted by molar-refractivity contribution is 9.11. The number of nitrogens with zero attached hydrogens (tertiary/aromatic N) is 15. The lowest BCUT2D eigenvalue weighted by Crippen LogP contribution is -2.45. The van der Waals surface area contributed by atoms with Crippen molar-refractivity contribution in [2.24, 2.45) is 0 Å². The maximum absolute atomic E-state index is 14.5. The Hall–Kier alpha value is -8.55. The van der Waals surface area contributed by atoms with Gasteiger partial charge in [0.2, 0.25) is 23.6 Å². The third kappa shape index (κ3) is 45.9. The third-order valence-electron chi connectivity index (χ3n) is 19.4. The molecule has 8 N–H and O–H groups in total. The summed E-state index contributed by atoms with van der Waals surface area (Å²) in [6.07, 6.45) is 0.168. The second-order valence-electron chi connectivity index (χ2n) is 32.3. The number of alkyl halides is 4. The average molecular weight is 2650 g/mol. The molecular weight excluding hydrogens is 2550 g/mol. The summed E-state index contributed by atoms with van der Waals surface area (Å²) in [7, 11) is 13.3. The number of carboxylic acids is 2. The van der Waals surface area contributed by atoms with Crippen LogP contribution >= 0.6 is 102 Å². The molecule has 0 aliphatic carbocycles. The molecule has 4 aliphatic rings. The molecule has 0 unspecified atom stereocenters. The summed E-state index contributed by atoms with van der Waals surface area (Å²) in [4.78, 5) is 157. The molecule has 0 saturated carbocycles. The van der Waals surface area contributed by atoms with E-state index in [1.54, 1.807) is 142 Å². The van der Waals surface area contributed by atoms with Gasteiger partial charge in [-0.3, -0.25) is 52.7 Å². The molecular formula is C86H100Br4Cl2F4N20O18S15. The molecule has 4 saturated heterocycles. The number of halogens is 10. The number of hydrogen-bond acceptors (Lipinski definition) is 36. The average Bonchev–Trinajstić information content (AvgIpc) is 1.63. The Morgan fingerprint density at radius 1 is 0.477 bits per heavy atom. The SMILES string of the molecule is CC(=O)c1nn(CC(=O)O)c2ccc(-c3cnc(C)nc3)cc12.CC(C)(C)OC(=O)N1C[C@H](F)C[C@H]1C(=O)O.COc1cc(Br)nc(NC(=O)[C@@H]2C[C@@H](F)CN2)c1.COc1cc(Br)nc(NC(=O)[C@@H]2C[C@@H](F)CN2C(=O)Cn2nc(C(C)=O)c3cc(-c4cnc(C)nc4)ccc32)c1.COc1cc(Br)nc(NC(=O)[C@@H]2C[C@@H](F)CN2C(=O)OC(C)(C)C)c1.COc1cc(N)nc(Br)c1.Cl.Cl.S.S=S.S=S=S.S=S=S=S.S=S=S=S=S. The number of pyridine rings is 4. The molecule has 812 valence electrons. The number of aliphatic carboxylic acids is 2. The van der Waals surface area contributed by atoms with Gasteiger partial charge in [0.15, 0.2) is 11.6 Å². The molecule has 6 amide bonds. The van der Waals surface area contributed by atoms with Crippen LogP contribution in [0.2, 0.25) is 0 Å². The van der Waals surface area contributed by atoms with Crippen molar-refractivity contribution < 1.29 is 104 Å². The summed E-state index contributed by atoms with van der Waals surface area (Å²) in [6, 6.07) is 20.2. The number of benzene rings is 2. The van der Waals surface area contributed by atoms with Gasteiger partial charge in [0, 0.05) is 284 Å². The molecule has 63 heteroatoms. The van der Waals surface area contributed by atoms with E-state index in [9.17, 15) is 65.5 Å². The number of methoxy groups -OCH3 is 4. The van der Waals surface area contributed by atoms with Crippen molar-refractivity contribution in [2.45, 2.75) is 168 Å². The van der Waals surface area contributed by atoms with Crippen LogP contribution in [0.4, 0.5) is 50.4 Å². The van der Waals surface area contributed by atoms with Crippen LogP contribution in [0.15, 0.2) is 128 Å². The highest BCUT2D eigenvalue weighted by Crippen LogP contribution is 2.34. The van der Waals surface area contributed by atoms with Crippen LogP contribution in [-0.4, -0.2) is 258 Å². The van der Waals surface area contributed by atoms with Gasteiger partial charge in [-0.1, -0.05) is 12.1 Å². The first-order chi connectivity index (χ1) is 68.9. The molecule has 10 aromatic rings. The highest BCUT2D eigenvalue weighted by Gasteiger charge is 2.45. The van der Waals surface area contributed by atoms with Crippen LogP contribution in [0.25, 0.3) is 44.1 Å². The summed E-state index contributed by atoms with van der Waals surface area (Å²) in [5.74, 6) is 0.226. The zero-order valence-corrected chi connectivity index (χ0v) is 101. The zero-order valence-electron chi connectivity index (χ0n) is 80.8. The van der Waals surface area contributed by atoms with E-state index in [0.717, 1.165) is 40.9 Å². The maximum atomic E-state index is 14.5. The summed E-state index contributed by atoms with van der Waals surface area (Å²) < 4.78 is 89.8. The zero-order chi connectivity index (χ0) is 109. The Balaban J connectivity index is 0.000000609. The van der Waals surface area contributed by atoms with E-state index in [1.165, 1.54) is 106 Å². The van der Waals surface area contributed by atoms with E-state index in [2.05, 4.69) is 225 Å². The Labute approximate surface area is 963 Å². The first-order valence-electron chi connectivity index (χ1n) is 42.0. The van der Waals surface area contributed by atoms with Gasteiger partial charge < -0.3 is 70.5 Å². The highest BCUT2D eigenvalue weighted by atomic mass is 79.9. The number of nitrogen functional groups attached to an aromatic ring is 1. The number of likely N-dealkylation sites (tertiary alicyclic amines) is 3. The number of aryl methyl sites for hydroxylation is 2. The second kappa shape index (κ2) is 67.9. The summed E-state index contributed by atoms with van der Waals surface area (Å²) in [5.41, 5.74) is 8.80. The Morgan fingerprint density at radius 3 is 1.13 bits per heavy atom. The van der Waals surface area contributed by atoms with Crippen LogP contribution in [0, 0.1) is 13.8 Å². The second-order valence-corrected chi connectivity index (χ2v) is 46.2. The normalized spacial score (nSPS) is 16.2. The first kappa shape index (κ1) is 137. The number of amides is 6. The number of ketones is 2. The molecule has 149 heavy (non-hydrogen) atoms. The van der Waals surface area contributed by atoms with Crippen LogP contribution in [0.1, 0.15) is 114 Å². The Kier molecular flexibility index (Phi) is 62.2. The van der Waals surface area contributed by atoms with Crippen molar-refractivity contribution in [2.75, 3.05) is 76.3 Å². The molecule has 0 bridgehead atoms. The van der Waals surface area contributed by atoms with Gasteiger partial charge in [0.25, 0.3) is 0 Å². The molecule has 8 aromatic heterocycles. The van der Waals surface area contributed by atoms with Crippen molar-refractivity contribution >= 4 is 349 Å². The predicted octanol–water partition coefficient (Wildman–Crippen LogP) is 14.2. The Bertz CT molecular complexity index is 6550. The van der Waals surface area contributed by atoms with Gasteiger partial charge in [-0.2, -0.15) is 23.7 Å². The van der Waals surface area contributed by atoms with Crippen LogP contribution in [0.3, 0.4) is 0 Å². The number of carbonyl (C=O) groups excluding carboxylic acids is 8. The molecule has 8 atom stereocenters. The van der Waals surface area contributed by atoms with Gasteiger partial charge in [-0.15, -0.1) is 24.8 Å². The van der Waals surface area contributed by atoms with E-state index in [0.29, 0.717) is 86.5 Å². The van der Waals surface area contributed by atoms with Gasteiger partial charge >= 0.3 is 24.1 Å². The lowest BCUT2D eigenvalue weighted by Gasteiger charge is -2.27. The van der Waals surface area contributed by atoms with Gasteiger partial charge in [0.1, 0.15) is 155 Å². The number of aromatic nitrogens is 12. The summed E-state index contributed by atoms with van der Waals surface area (Å²) in [6.45, 7) is 15.5. The predicted molar refractivity (Wildman–Crippen MR) is 617 cm³/mol. The first-order valence-corrected chi connectivity index (χ1v) is 58.5. The molecule has 14 rings (SSSR count). The smallest absolute Gasteiger partial charge is 0.411 e. The van der Waals surface area contributed by atoms with Gasteiger partial charge in [0.05, 0.1) is 65.1 Å². The fourth-order valence-corrected chi connectivity index (χ4v) is 17.9. The van der Waals surface area contributed by atoms with Crippen molar-refractivity contribution in [3.8, 4) is 45.3 Å². The molecule has 4 fully saturated rings. The van der Waals surface area contributed by atoms with Crippen molar-refractivity contribution in [1.29, 1.82) is 0 Å². The lowest BCUT2D eigenvalue weighted by atomic mass is 10.0. The minimum Gasteiger partial charge on any atom is -0.497 e. The summed E-state index contributed by atoms with van der Waals surface area (Å²) >= 11 is 46.0.